The van der Waals surface area contributed by atoms with E-state index in [2.05, 4.69) is 0 Å². The summed E-state index contributed by atoms with van der Waals surface area (Å²) in [4.78, 5) is 0. The third kappa shape index (κ3) is 3.57. The van der Waals surface area contributed by atoms with Crippen molar-refractivity contribution >= 4 is 10.0 Å². The first kappa shape index (κ1) is 13.3. The standard InChI is InChI=1S/C6H12N2O5S/c7-1-2-14(12,13)8-6(3-9,4-10)5-11/h8-11H,2-5H2. The van der Waals surface area contributed by atoms with Gasteiger partial charge in [-0.3, -0.25) is 0 Å². The van der Waals surface area contributed by atoms with Gasteiger partial charge in [0.2, 0.25) is 10.0 Å². The summed E-state index contributed by atoms with van der Waals surface area (Å²) < 4.78 is 24.0. The molecule has 0 radical (unpaired) electrons. The van der Waals surface area contributed by atoms with Crippen LogP contribution in [0.4, 0.5) is 0 Å². The Bertz CT molecular complexity index is 294. The van der Waals surface area contributed by atoms with E-state index < -0.39 is 41.1 Å². The molecule has 8 heteroatoms. The molecule has 0 heterocycles. The molecule has 0 atom stereocenters. The Morgan fingerprint density at radius 1 is 1.21 bits per heavy atom. The second-order valence-electron chi connectivity index (χ2n) is 2.77. The summed E-state index contributed by atoms with van der Waals surface area (Å²) in [6.07, 6.45) is 0. The highest BCUT2D eigenvalue weighted by atomic mass is 32.2. The van der Waals surface area contributed by atoms with Crippen LogP contribution in [-0.4, -0.2) is 54.8 Å². The zero-order valence-electron chi connectivity index (χ0n) is 7.34. The highest BCUT2D eigenvalue weighted by molar-refractivity contribution is 7.89. The van der Waals surface area contributed by atoms with Crippen molar-refractivity contribution in [3.8, 4) is 6.07 Å². The van der Waals surface area contributed by atoms with Gasteiger partial charge in [0.25, 0.3) is 0 Å². The number of hydrogen-bond donors (Lipinski definition) is 4. The van der Waals surface area contributed by atoms with Crippen LogP contribution in [-0.2, 0) is 10.0 Å². The van der Waals surface area contributed by atoms with Gasteiger partial charge >= 0.3 is 0 Å². The van der Waals surface area contributed by atoms with Gasteiger partial charge in [-0.1, -0.05) is 0 Å². The van der Waals surface area contributed by atoms with Gasteiger partial charge in [0.05, 0.1) is 25.9 Å². The maximum atomic E-state index is 11.1. The van der Waals surface area contributed by atoms with E-state index in [1.165, 1.54) is 6.07 Å². The van der Waals surface area contributed by atoms with E-state index in [1.54, 1.807) is 0 Å². The van der Waals surface area contributed by atoms with Crippen LogP contribution in [0.3, 0.4) is 0 Å². The van der Waals surface area contributed by atoms with E-state index in [1.807, 2.05) is 4.72 Å². The molecule has 4 N–H and O–H groups in total. The molecule has 0 saturated carbocycles. The lowest BCUT2D eigenvalue weighted by Gasteiger charge is -2.27. The summed E-state index contributed by atoms with van der Waals surface area (Å²) in [6.45, 7) is -2.28. The van der Waals surface area contributed by atoms with Crippen molar-refractivity contribution in [3.63, 3.8) is 0 Å². The fraction of sp³-hybridized carbons (Fsp3) is 0.833. The first-order valence-corrected chi connectivity index (χ1v) is 5.31. The van der Waals surface area contributed by atoms with Gasteiger partial charge in [-0.25, -0.2) is 13.1 Å². The minimum absolute atomic E-state index is 0.759. The molecule has 0 bridgehead atoms. The molecular weight excluding hydrogens is 212 g/mol. The maximum Gasteiger partial charge on any atom is 0.225 e. The SMILES string of the molecule is N#CCS(=O)(=O)NC(CO)(CO)CO. The number of aliphatic hydroxyl groups excluding tert-OH is 3. The molecule has 0 unspecified atom stereocenters. The minimum atomic E-state index is -3.92. The van der Waals surface area contributed by atoms with Gasteiger partial charge in [0.15, 0.2) is 5.75 Å². The number of aliphatic hydroxyl groups is 3. The molecule has 0 aromatic carbocycles. The summed E-state index contributed by atoms with van der Waals surface area (Å²) in [7, 11) is -3.92. The first-order valence-electron chi connectivity index (χ1n) is 3.66. The van der Waals surface area contributed by atoms with Crippen molar-refractivity contribution < 1.29 is 23.7 Å². The Hall–Kier alpha value is -0.720. The number of nitriles is 1. The minimum Gasteiger partial charge on any atom is -0.394 e. The fourth-order valence-corrected chi connectivity index (χ4v) is 1.79. The number of sulfonamides is 1. The van der Waals surface area contributed by atoms with Gasteiger partial charge in [-0.05, 0) is 0 Å². The van der Waals surface area contributed by atoms with Gasteiger partial charge < -0.3 is 15.3 Å². The van der Waals surface area contributed by atoms with E-state index >= 15 is 0 Å². The number of rotatable bonds is 6. The Morgan fingerprint density at radius 2 is 1.64 bits per heavy atom. The molecule has 7 nitrogen and oxygen atoms in total. The Labute approximate surface area is 81.6 Å². The summed E-state index contributed by atoms with van der Waals surface area (Å²) in [5.41, 5.74) is -1.71. The molecule has 0 aliphatic heterocycles. The van der Waals surface area contributed by atoms with Crippen molar-refractivity contribution in [1.29, 1.82) is 5.26 Å². The lowest BCUT2D eigenvalue weighted by molar-refractivity contribution is 0.0582. The van der Waals surface area contributed by atoms with Crippen molar-refractivity contribution in [1.82, 2.24) is 4.72 Å². The van der Waals surface area contributed by atoms with Gasteiger partial charge in [0.1, 0.15) is 5.54 Å². The molecule has 0 amide bonds. The van der Waals surface area contributed by atoms with Crippen LogP contribution in [0.25, 0.3) is 0 Å². The fourth-order valence-electron chi connectivity index (χ4n) is 0.698. The van der Waals surface area contributed by atoms with E-state index in [4.69, 9.17) is 20.6 Å². The highest BCUT2D eigenvalue weighted by Crippen LogP contribution is 2.04. The van der Waals surface area contributed by atoms with Crippen molar-refractivity contribution in [2.45, 2.75) is 5.54 Å². The Balaban J connectivity index is 4.70. The van der Waals surface area contributed by atoms with E-state index in [0.717, 1.165) is 0 Å². The quantitative estimate of drug-likeness (QED) is 0.384. The number of hydrogen-bond acceptors (Lipinski definition) is 6. The second kappa shape index (κ2) is 5.23. The zero-order chi connectivity index (χ0) is 11.2. The average molecular weight is 224 g/mol. The predicted molar refractivity (Wildman–Crippen MR) is 46.5 cm³/mol. The topological polar surface area (TPSA) is 131 Å². The van der Waals surface area contributed by atoms with E-state index in [9.17, 15) is 8.42 Å². The molecule has 82 valence electrons. The Morgan fingerprint density at radius 3 is 1.93 bits per heavy atom. The highest BCUT2D eigenvalue weighted by Gasteiger charge is 2.32. The molecule has 14 heavy (non-hydrogen) atoms. The average Bonchev–Trinajstić information content (AvgIpc) is 2.14. The van der Waals surface area contributed by atoms with E-state index in [0.29, 0.717) is 0 Å². The van der Waals surface area contributed by atoms with E-state index in [-0.39, 0.29) is 0 Å². The van der Waals surface area contributed by atoms with Crippen LogP contribution in [0.1, 0.15) is 0 Å². The third-order valence-electron chi connectivity index (χ3n) is 1.53. The van der Waals surface area contributed by atoms with Gasteiger partial charge in [0, 0.05) is 0 Å². The smallest absolute Gasteiger partial charge is 0.225 e. The molecule has 0 spiro atoms. The normalized spacial score (nSPS) is 12.4. The molecule has 0 aliphatic rings. The monoisotopic (exact) mass is 224 g/mol. The zero-order valence-corrected chi connectivity index (χ0v) is 8.16. The van der Waals surface area contributed by atoms with Crippen LogP contribution in [0.5, 0.6) is 0 Å². The van der Waals surface area contributed by atoms with Gasteiger partial charge in [-0.2, -0.15) is 5.26 Å². The molecule has 0 saturated heterocycles. The predicted octanol–water partition coefficient (Wildman–Crippen LogP) is -2.85. The first-order chi connectivity index (χ1) is 6.45. The van der Waals surface area contributed by atoms with Crippen molar-refractivity contribution in [2.75, 3.05) is 25.6 Å². The van der Waals surface area contributed by atoms with Crippen LogP contribution in [0.15, 0.2) is 0 Å². The third-order valence-corrected chi connectivity index (χ3v) is 2.79. The molecule has 0 rings (SSSR count). The summed E-state index contributed by atoms with van der Waals surface area (Å²) in [5.74, 6) is -0.797. The largest absolute Gasteiger partial charge is 0.394 e. The number of nitrogens with one attached hydrogen (secondary N) is 1. The summed E-state index contributed by atoms with van der Waals surface area (Å²) >= 11 is 0. The molecule has 0 aromatic heterocycles. The molecule has 0 aromatic rings. The second-order valence-corrected chi connectivity index (χ2v) is 4.50. The Kier molecular flexibility index (Phi) is 4.96. The van der Waals surface area contributed by atoms with Crippen LogP contribution in [0.2, 0.25) is 0 Å². The van der Waals surface area contributed by atoms with Crippen molar-refractivity contribution in [3.05, 3.63) is 0 Å². The summed E-state index contributed by atoms with van der Waals surface area (Å²) in [5, 5.41) is 34.5. The molecule has 0 fully saturated rings. The molecule has 0 aliphatic carbocycles. The lowest BCUT2D eigenvalue weighted by atomic mass is 10.1. The van der Waals surface area contributed by atoms with Crippen LogP contribution in [0, 0.1) is 11.3 Å². The number of nitrogens with zero attached hydrogens (tertiary/aromatic N) is 1. The van der Waals surface area contributed by atoms with Gasteiger partial charge in [-0.15, -0.1) is 0 Å². The maximum absolute atomic E-state index is 11.1. The summed E-state index contributed by atoms with van der Waals surface area (Å²) in [6, 6.07) is 1.41. The lowest BCUT2D eigenvalue weighted by Crippen LogP contribution is -2.57. The van der Waals surface area contributed by atoms with Crippen LogP contribution < -0.4 is 4.72 Å². The van der Waals surface area contributed by atoms with Crippen molar-refractivity contribution in [2.24, 2.45) is 0 Å². The van der Waals surface area contributed by atoms with Crippen LogP contribution >= 0.6 is 0 Å². The molecular formula is C6H12N2O5S.